The molecular weight excluding hydrogens is 333 g/mol. The van der Waals surface area contributed by atoms with Crippen molar-refractivity contribution in [2.75, 3.05) is 27.2 Å². The maximum absolute atomic E-state index is 11.2. The van der Waals surface area contributed by atoms with Crippen LogP contribution < -0.4 is 4.74 Å². The largest absolute Gasteiger partial charge is 0.490 e. The SMILES string of the molecule is CN(C)CCCOc1c(Cl)cc(S(=O)(=O)Cl)cc1Cl. The first-order valence-electron chi connectivity index (χ1n) is 5.43. The number of nitrogens with zero attached hydrogens (tertiary/aromatic N) is 1. The van der Waals surface area contributed by atoms with Crippen LogP contribution in [0.1, 0.15) is 6.42 Å². The van der Waals surface area contributed by atoms with E-state index in [0.717, 1.165) is 13.0 Å². The molecule has 0 spiro atoms. The highest BCUT2D eigenvalue weighted by molar-refractivity contribution is 8.13. The predicted molar refractivity (Wildman–Crippen MR) is 78.2 cm³/mol. The maximum atomic E-state index is 11.2. The molecule has 0 aliphatic rings. The molecule has 0 heterocycles. The van der Waals surface area contributed by atoms with Crippen LogP contribution in [0, 0.1) is 0 Å². The van der Waals surface area contributed by atoms with Crippen LogP contribution in [0.5, 0.6) is 5.75 Å². The van der Waals surface area contributed by atoms with Gasteiger partial charge in [-0.15, -0.1) is 0 Å². The van der Waals surface area contributed by atoms with Gasteiger partial charge in [0.1, 0.15) is 0 Å². The van der Waals surface area contributed by atoms with Crippen molar-refractivity contribution in [2.24, 2.45) is 0 Å². The van der Waals surface area contributed by atoms with Gasteiger partial charge in [0, 0.05) is 17.2 Å². The minimum atomic E-state index is -3.86. The van der Waals surface area contributed by atoms with Crippen LogP contribution in [-0.2, 0) is 9.05 Å². The molecule has 108 valence electrons. The molecule has 4 nitrogen and oxygen atoms in total. The highest BCUT2D eigenvalue weighted by atomic mass is 35.7. The average Bonchev–Trinajstić information content (AvgIpc) is 2.25. The Balaban J connectivity index is 2.81. The lowest BCUT2D eigenvalue weighted by Gasteiger charge is -2.13. The monoisotopic (exact) mass is 345 g/mol. The Morgan fingerprint density at radius 3 is 2.16 bits per heavy atom. The van der Waals surface area contributed by atoms with E-state index in [1.807, 2.05) is 19.0 Å². The Morgan fingerprint density at radius 1 is 1.21 bits per heavy atom. The summed E-state index contributed by atoms with van der Waals surface area (Å²) >= 11 is 11.9. The van der Waals surface area contributed by atoms with Gasteiger partial charge in [0.15, 0.2) is 5.75 Å². The molecule has 0 aromatic heterocycles. The first-order valence-corrected chi connectivity index (χ1v) is 8.49. The molecule has 1 aromatic carbocycles. The van der Waals surface area contributed by atoms with Crippen LogP contribution in [0.15, 0.2) is 17.0 Å². The molecule has 1 aromatic rings. The minimum absolute atomic E-state index is 0.122. The van der Waals surface area contributed by atoms with Crippen LogP contribution in [0.2, 0.25) is 10.0 Å². The number of hydrogen-bond acceptors (Lipinski definition) is 4. The Kier molecular flexibility index (Phi) is 6.20. The summed E-state index contributed by atoms with van der Waals surface area (Å²) < 4.78 is 27.8. The van der Waals surface area contributed by atoms with Gasteiger partial charge in [-0.3, -0.25) is 0 Å². The van der Waals surface area contributed by atoms with Crippen LogP contribution in [0.4, 0.5) is 0 Å². The molecule has 0 saturated heterocycles. The van der Waals surface area contributed by atoms with Crippen molar-refractivity contribution in [1.29, 1.82) is 0 Å². The van der Waals surface area contributed by atoms with Crippen LogP contribution in [0.3, 0.4) is 0 Å². The summed E-state index contributed by atoms with van der Waals surface area (Å²) in [6.07, 6.45) is 0.801. The van der Waals surface area contributed by atoms with E-state index >= 15 is 0 Å². The number of rotatable bonds is 6. The summed E-state index contributed by atoms with van der Waals surface area (Å²) in [7, 11) is 5.28. The summed E-state index contributed by atoms with van der Waals surface area (Å²) in [6.45, 7) is 1.30. The van der Waals surface area contributed by atoms with E-state index < -0.39 is 9.05 Å². The molecule has 0 N–H and O–H groups in total. The zero-order valence-electron chi connectivity index (χ0n) is 10.5. The zero-order valence-corrected chi connectivity index (χ0v) is 13.6. The molecule has 0 radical (unpaired) electrons. The van der Waals surface area contributed by atoms with E-state index in [1.165, 1.54) is 12.1 Å². The van der Waals surface area contributed by atoms with Crippen LogP contribution in [0.25, 0.3) is 0 Å². The Labute approximate surface area is 127 Å². The summed E-state index contributed by atoms with van der Waals surface area (Å²) in [5.74, 6) is 0.270. The number of halogens is 3. The van der Waals surface area contributed by atoms with Crippen molar-refractivity contribution < 1.29 is 13.2 Å². The van der Waals surface area contributed by atoms with Gasteiger partial charge in [0.05, 0.1) is 21.5 Å². The molecule has 19 heavy (non-hydrogen) atoms. The third-order valence-electron chi connectivity index (χ3n) is 2.25. The fourth-order valence-corrected chi connectivity index (χ4v) is 2.88. The van der Waals surface area contributed by atoms with Gasteiger partial charge in [0.2, 0.25) is 0 Å². The molecule has 0 amide bonds. The third kappa shape index (κ3) is 5.36. The van der Waals surface area contributed by atoms with E-state index in [-0.39, 0.29) is 20.7 Å². The van der Waals surface area contributed by atoms with Crippen molar-refractivity contribution in [1.82, 2.24) is 4.90 Å². The molecular formula is C11H14Cl3NO3S. The topological polar surface area (TPSA) is 46.6 Å². The second kappa shape index (κ2) is 6.99. The molecule has 0 unspecified atom stereocenters. The Bertz CT molecular complexity index is 523. The van der Waals surface area contributed by atoms with Gasteiger partial charge < -0.3 is 9.64 Å². The van der Waals surface area contributed by atoms with E-state index in [1.54, 1.807) is 0 Å². The van der Waals surface area contributed by atoms with Crippen molar-refractivity contribution in [2.45, 2.75) is 11.3 Å². The van der Waals surface area contributed by atoms with Crippen LogP contribution >= 0.6 is 33.9 Å². The van der Waals surface area contributed by atoms with Gasteiger partial charge in [-0.1, -0.05) is 23.2 Å². The minimum Gasteiger partial charge on any atom is -0.490 e. The highest BCUT2D eigenvalue weighted by Gasteiger charge is 2.16. The molecule has 0 saturated carbocycles. The van der Waals surface area contributed by atoms with E-state index in [4.69, 9.17) is 38.6 Å². The van der Waals surface area contributed by atoms with Gasteiger partial charge >= 0.3 is 0 Å². The van der Waals surface area contributed by atoms with Crippen LogP contribution in [-0.4, -0.2) is 40.6 Å². The fourth-order valence-electron chi connectivity index (χ4n) is 1.37. The maximum Gasteiger partial charge on any atom is 0.261 e. The number of hydrogen-bond donors (Lipinski definition) is 0. The normalized spacial score (nSPS) is 11.9. The van der Waals surface area contributed by atoms with Gasteiger partial charge in [0.25, 0.3) is 9.05 Å². The van der Waals surface area contributed by atoms with Gasteiger partial charge in [-0.05, 0) is 32.6 Å². The first kappa shape index (κ1) is 16.9. The summed E-state index contributed by atoms with van der Waals surface area (Å²) in [4.78, 5) is 1.88. The quantitative estimate of drug-likeness (QED) is 0.586. The molecule has 0 bridgehead atoms. The lowest BCUT2D eigenvalue weighted by molar-refractivity contribution is 0.282. The zero-order chi connectivity index (χ0) is 14.6. The first-order chi connectivity index (χ1) is 8.71. The second-order valence-corrected chi connectivity index (χ2v) is 7.54. The van der Waals surface area contributed by atoms with Crippen molar-refractivity contribution in [3.63, 3.8) is 0 Å². The molecule has 1 rings (SSSR count). The second-order valence-electron chi connectivity index (χ2n) is 4.16. The molecule has 0 aliphatic heterocycles. The predicted octanol–water partition coefficient (Wildman–Crippen LogP) is 3.25. The molecule has 0 aliphatic carbocycles. The molecule has 0 atom stereocenters. The lowest BCUT2D eigenvalue weighted by Crippen LogP contribution is -2.15. The van der Waals surface area contributed by atoms with Gasteiger partial charge in [-0.25, -0.2) is 8.42 Å². The Morgan fingerprint density at radius 2 is 1.74 bits per heavy atom. The van der Waals surface area contributed by atoms with Gasteiger partial charge in [-0.2, -0.15) is 0 Å². The number of benzene rings is 1. The standard InChI is InChI=1S/C11H14Cl3NO3S/c1-15(2)4-3-5-18-11-9(12)6-8(7-10(11)13)19(14,16)17/h6-7H,3-5H2,1-2H3. The van der Waals surface area contributed by atoms with E-state index in [9.17, 15) is 8.42 Å². The summed E-state index contributed by atoms with van der Waals surface area (Å²) in [5.41, 5.74) is 0. The third-order valence-corrected chi connectivity index (χ3v) is 4.14. The highest BCUT2D eigenvalue weighted by Crippen LogP contribution is 2.36. The fraction of sp³-hybridized carbons (Fsp3) is 0.455. The lowest BCUT2D eigenvalue weighted by atomic mass is 10.3. The van der Waals surface area contributed by atoms with Crippen molar-refractivity contribution >= 4 is 42.9 Å². The molecule has 8 heteroatoms. The summed E-state index contributed by atoms with van der Waals surface area (Å²) in [6, 6.07) is 2.44. The van der Waals surface area contributed by atoms with Crippen molar-refractivity contribution in [3.05, 3.63) is 22.2 Å². The van der Waals surface area contributed by atoms with E-state index in [0.29, 0.717) is 6.61 Å². The smallest absolute Gasteiger partial charge is 0.261 e. The number of ether oxygens (including phenoxy) is 1. The van der Waals surface area contributed by atoms with E-state index in [2.05, 4.69) is 0 Å². The average molecular weight is 347 g/mol. The van der Waals surface area contributed by atoms with Crippen molar-refractivity contribution in [3.8, 4) is 5.75 Å². The molecule has 0 fully saturated rings. The summed E-state index contributed by atoms with van der Waals surface area (Å²) in [5, 5.41) is 0.244. The Hall–Kier alpha value is -0.200.